The summed E-state index contributed by atoms with van der Waals surface area (Å²) >= 11 is 0. The van der Waals surface area contributed by atoms with Crippen molar-refractivity contribution in [3.63, 3.8) is 0 Å². The molecule has 2 aliphatic carbocycles. The molecule has 2 rings (SSSR count). The highest BCUT2D eigenvalue weighted by atomic mass is 19.2. The first-order chi connectivity index (χ1) is 11.1. The van der Waals surface area contributed by atoms with Crippen molar-refractivity contribution < 1.29 is 18.6 Å². The SMILES string of the molecule is C=C/C(O)=C(F)\C(F)=C\OCC1CCC(C2CCCCC2)CC1. The fourth-order valence-electron chi connectivity index (χ4n) is 3.95. The molecule has 0 heterocycles. The van der Waals surface area contributed by atoms with Crippen molar-refractivity contribution in [2.75, 3.05) is 6.61 Å². The molecular weight excluding hydrogens is 298 g/mol. The van der Waals surface area contributed by atoms with Gasteiger partial charge in [0, 0.05) is 0 Å². The van der Waals surface area contributed by atoms with E-state index in [2.05, 4.69) is 6.58 Å². The summed E-state index contributed by atoms with van der Waals surface area (Å²) in [6.07, 6.45) is 13.2. The molecule has 2 saturated carbocycles. The van der Waals surface area contributed by atoms with E-state index in [4.69, 9.17) is 9.84 Å². The lowest BCUT2D eigenvalue weighted by molar-refractivity contribution is 0.115. The number of rotatable bonds is 6. The Labute approximate surface area is 137 Å². The zero-order valence-electron chi connectivity index (χ0n) is 13.8. The molecule has 0 aliphatic heterocycles. The molecule has 4 heteroatoms. The van der Waals surface area contributed by atoms with Gasteiger partial charge < -0.3 is 9.84 Å². The summed E-state index contributed by atoms with van der Waals surface area (Å²) in [5, 5.41) is 9.05. The Morgan fingerprint density at radius 1 is 1.00 bits per heavy atom. The molecule has 0 unspecified atom stereocenters. The fraction of sp³-hybridized carbons (Fsp3) is 0.684. The van der Waals surface area contributed by atoms with Gasteiger partial charge >= 0.3 is 0 Å². The fourth-order valence-corrected chi connectivity index (χ4v) is 3.95. The van der Waals surface area contributed by atoms with Crippen LogP contribution >= 0.6 is 0 Å². The van der Waals surface area contributed by atoms with E-state index in [1.54, 1.807) is 0 Å². The Hall–Kier alpha value is -1.32. The van der Waals surface area contributed by atoms with Crippen molar-refractivity contribution in [3.05, 3.63) is 36.3 Å². The van der Waals surface area contributed by atoms with E-state index in [0.717, 1.165) is 37.0 Å². The topological polar surface area (TPSA) is 29.5 Å². The molecule has 0 atom stereocenters. The Morgan fingerprint density at radius 2 is 1.61 bits per heavy atom. The lowest BCUT2D eigenvalue weighted by Crippen LogP contribution is -2.25. The minimum Gasteiger partial charge on any atom is -0.505 e. The summed E-state index contributed by atoms with van der Waals surface area (Å²) in [5.74, 6) is -1.17. The number of halogens is 2. The van der Waals surface area contributed by atoms with Crippen molar-refractivity contribution in [1.82, 2.24) is 0 Å². The third kappa shape index (κ3) is 5.36. The first kappa shape index (κ1) is 18.0. The molecule has 0 saturated heterocycles. The van der Waals surface area contributed by atoms with Gasteiger partial charge in [0.2, 0.25) is 5.83 Å². The second-order valence-corrected chi connectivity index (χ2v) is 6.88. The summed E-state index contributed by atoms with van der Waals surface area (Å²) in [4.78, 5) is 0. The minimum absolute atomic E-state index is 0.410. The zero-order valence-corrected chi connectivity index (χ0v) is 13.8. The van der Waals surface area contributed by atoms with Crippen LogP contribution < -0.4 is 0 Å². The van der Waals surface area contributed by atoms with E-state index >= 15 is 0 Å². The second-order valence-electron chi connectivity index (χ2n) is 6.88. The van der Waals surface area contributed by atoms with Gasteiger partial charge in [-0.15, -0.1) is 0 Å². The highest BCUT2D eigenvalue weighted by Crippen LogP contribution is 2.39. The molecule has 0 aromatic rings. The zero-order chi connectivity index (χ0) is 16.7. The smallest absolute Gasteiger partial charge is 0.203 e. The quantitative estimate of drug-likeness (QED) is 0.470. The van der Waals surface area contributed by atoms with Crippen LogP contribution in [0.5, 0.6) is 0 Å². The van der Waals surface area contributed by atoms with Crippen molar-refractivity contribution >= 4 is 0 Å². The number of aliphatic hydroxyl groups excluding tert-OH is 1. The maximum absolute atomic E-state index is 13.4. The van der Waals surface area contributed by atoms with Crippen LogP contribution in [0.25, 0.3) is 0 Å². The van der Waals surface area contributed by atoms with Crippen molar-refractivity contribution in [2.45, 2.75) is 57.8 Å². The van der Waals surface area contributed by atoms with Crippen molar-refractivity contribution in [1.29, 1.82) is 0 Å². The maximum atomic E-state index is 13.4. The van der Waals surface area contributed by atoms with Crippen LogP contribution in [0.3, 0.4) is 0 Å². The number of ether oxygens (including phenoxy) is 1. The van der Waals surface area contributed by atoms with Crippen LogP contribution in [0, 0.1) is 17.8 Å². The minimum atomic E-state index is -1.33. The first-order valence-corrected chi connectivity index (χ1v) is 8.80. The number of aliphatic hydroxyl groups is 1. The third-order valence-corrected chi connectivity index (χ3v) is 5.35. The molecule has 0 aromatic heterocycles. The summed E-state index contributed by atoms with van der Waals surface area (Å²) in [5.41, 5.74) is 0. The van der Waals surface area contributed by atoms with Gasteiger partial charge in [0.15, 0.2) is 11.6 Å². The number of hydrogen-bond donors (Lipinski definition) is 1. The van der Waals surface area contributed by atoms with Gasteiger partial charge in [-0.05, 0) is 49.5 Å². The summed E-state index contributed by atoms with van der Waals surface area (Å²) in [6.45, 7) is 3.59. The average Bonchev–Trinajstić information content (AvgIpc) is 2.61. The molecule has 0 aromatic carbocycles. The van der Waals surface area contributed by atoms with Crippen LogP contribution in [0.4, 0.5) is 8.78 Å². The predicted octanol–water partition coefficient (Wildman–Crippen LogP) is 6.13. The van der Waals surface area contributed by atoms with Gasteiger partial charge in [-0.25, -0.2) is 4.39 Å². The van der Waals surface area contributed by atoms with Crippen molar-refractivity contribution in [2.24, 2.45) is 17.8 Å². The van der Waals surface area contributed by atoms with E-state index in [-0.39, 0.29) is 0 Å². The summed E-state index contributed by atoms with van der Waals surface area (Å²) < 4.78 is 31.8. The van der Waals surface area contributed by atoms with Gasteiger partial charge in [0.1, 0.15) is 6.26 Å². The van der Waals surface area contributed by atoms with E-state index in [1.807, 2.05) is 0 Å². The van der Waals surface area contributed by atoms with Gasteiger partial charge in [-0.2, -0.15) is 4.39 Å². The maximum Gasteiger partial charge on any atom is 0.203 e. The molecule has 1 N–H and O–H groups in total. The molecule has 0 spiro atoms. The standard InChI is InChI=1S/C19H28F2O2/c1-2-18(22)19(21)17(20)13-23-12-14-8-10-16(11-9-14)15-6-4-3-5-7-15/h2,13-16,22H,1,3-12H2/b17-13-,19-18-. The Morgan fingerprint density at radius 3 is 2.22 bits per heavy atom. The van der Waals surface area contributed by atoms with Gasteiger partial charge in [0.05, 0.1) is 6.61 Å². The highest BCUT2D eigenvalue weighted by Gasteiger charge is 2.28. The van der Waals surface area contributed by atoms with Crippen LogP contribution in [0.15, 0.2) is 36.3 Å². The van der Waals surface area contributed by atoms with Crippen LogP contribution in [0.1, 0.15) is 57.8 Å². The lowest BCUT2D eigenvalue weighted by Gasteiger charge is -2.35. The normalized spacial score (nSPS) is 28.2. The Balaban J connectivity index is 1.71. The summed E-state index contributed by atoms with van der Waals surface area (Å²) in [6, 6.07) is 0. The molecule has 130 valence electrons. The summed E-state index contributed by atoms with van der Waals surface area (Å²) in [7, 11) is 0. The number of allylic oxidation sites excluding steroid dienone is 3. The van der Waals surface area contributed by atoms with Crippen LogP contribution in [-0.2, 0) is 4.74 Å². The van der Waals surface area contributed by atoms with E-state index in [0.29, 0.717) is 12.5 Å². The van der Waals surface area contributed by atoms with E-state index in [9.17, 15) is 8.78 Å². The van der Waals surface area contributed by atoms with E-state index < -0.39 is 17.4 Å². The monoisotopic (exact) mass is 326 g/mol. The Bertz CT molecular complexity index is 442. The Kier molecular flexibility index (Phi) is 7.13. The van der Waals surface area contributed by atoms with Crippen LogP contribution in [0.2, 0.25) is 0 Å². The molecule has 23 heavy (non-hydrogen) atoms. The third-order valence-electron chi connectivity index (χ3n) is 5.35. The van der Waals surface area contributed by atoms with Gasteiger partial charge in [0.25, 0.3) is 0 Å². The molecular formula is C19H28F2O2. The first-order valence-electron chi connectivity index (χ1n) is 8.80. The highest BCUT2D eigenvalue weighted by molar-refractivity contribution is 5.25. The van der Waals surface area contributed by atoms with E-state index in [1.165, 1.54) is 44.9 Å². The lowest BCUT2D eigenvalue weighted by atomic mass is 9.71. The predicted molar refractivity (Wildman–Crippen MR) is 88.1 cm³/mol. The molecule has 2 nitrogen and oxygen atoms in total. The molecule has 2 aliphatic rings. The molecule has 0 amide bonds. The molecule has 2 fully saturated rings. The van der Waals surface area contributed by atoms with Gasteiger partial charge in [-0.3, -0.25) is 0 Å². The molecule has 0 bridgehead atoms. The molecule has 0 radical (unpaired) electrons. The largest absolute Gasteiger partial charge is 0.505 e. The van der Waals surface area contributed by atoms with Gasteiger partial charge in [-0.1, -0.05) is 38.7 Å². The number of hydrogen-bond acceptors (Lipinski definition) is 2. The van der Waals surface area contributed by atoms with Crippen LogP contribution in [-0.4, -0.2) is 11.7 Å². The second kappa shape index (κ2) is 9.09. The average molecular weight is 326 g/mol. The van der Waals surface area contributed by atoms with Crippen molar-refractivity contribution in [3.8, 4) is 0 Å².